The Kier molecular flexibility index (Phi) is 4.40. The molecule has 0 aliphatic carbocycles. The predicted octanol–water partition coefficient (Wildman–Crippen LogP) is 1.26. The molecule has 1 amide bonds. The van der Waals surface area contributed by atoms with Crippen LogP contribution in [0.25, 0.3) is 5.69 Å². The van der Waals surface area contributed by atoms with Crippen molar-refractivity contribution in [2.45, 2.75) is 18.1 Å². The van der Waals surface area contributed by atoms with Crippen molar-refractivity contribution in [3.8, 4) is 5.69 Å². The molecule has 1 unspecified atom stereocenters. The Bertz CT molecular complexity index is 843. The molecule has 26 heavy (non-hydrogen) atoms. The molecule has 0 bridgehead atoms. The number of carboxylic acids is 1. The number of carboxylic acid groups (broad SMARTS) is 1. The number of aromatic nitrogens is 3. The fourth-order valence-electron chi connectivity index (χ4n) is 2.57. The van der Waals surface area contributed by atoms with E-state index in [9.17, 15) is 27.9 Å². The van der Waals surface area contributed by atoms with Gasteiger partial charge in [0.1, 0.15) is 0 Å². The zero-order valence-corrected chi connectivity index (χ0v) is 13.2. The van der Waals surface area contributed by atoms with Crippen LogP contribution < -0.4 is 5.32 Å². The third kappa shape index (κ3) is 3.25. The van der Waals surface area contributed by atoms with Gasteiger partial charge in [-0.15, -0.1) is 5.10 Å². The second-order valence-electron chi connectivity index (χ2n) is 5.71. The quantitative estimate of drug-likeness (QED) is 0.839. The normalized spacial score (nSPS) is 20.1. The Labute approximate surface area is 144 Å². The molecule has 8 nitrogen and oxygen atoms in total. The molecule has 1 aliphatic heterocycles. The van der Waals surface area contributed by atoms with Crippen molar-refractivity contribution < 1.29 is 32.6 Å². The Morgan fingerprint density at radius 1 is 1.31 bits per heavy atom. The van der Waals surface area contributed by atoms with Gasteiger partial charge in [-0.3, -0.25) is 4.79 Å². The maximum Gasteiger partial charge on any atom is 0.418 e. The number of carbonyl (C=O) groups excluding carboxylic acids is 1. The Balaban J connectivity index is 1.87. The van der Waals surface area contributed by atoms with Gasteiger partial charge in [0.05, 0.1) is 24.1 Å². The molecule has 0 saturated carbocycles. The molecule has 1 aromatic carbocycles. The van der Waals surface area contributed by atoms with Gasteiger partial charge in [0, 0.05) is 13.0 Å². The van der Waals surface area contributed by atoms with Crippen molar-refractivity contribution in [2.75, 3.05) is 13.2 Å². The molecular weight excluding hydrogens is 357 g/mol. The third-order valence-corrected chi connectivity index (χ3v) is 3.97. The smallest absolute Gasteiger partial charge is 0.418 e. The summed E-state index contributed by atoms with van der Waals surface area (Å²) in [4.78, 5) is 23.7. The molecular formula is C15H13F3N4O4. The van der Waals surface area contributed by atoms with E-state index in [2.05, 4.69) is 15.6 Å². The molecule has 1 atom stereocenters. The number of amides is 1. The molecule has 1 aromatic heterocycles. The highest BCUT2D eigenvalue weighted by molar-refractivity contribution is 5.96. The number of aliphatic carboxylic acids is 1. The van der Waals surface area contributed by atoms with Gasteiger partial charge in [0.25, 0.3) is 5.91 Å². The van der Waals surface area contributed by atoms with E-state index in [-0.39, 0.29) is 31.0 Å². The van der Waals surface area contributed by atoms with Gasteiger partial charge >= 0.3 is 12.1 Å². The molecule has 2 heterocycles. The topological polar surface area (TPSA) is 106 Å². The number of nitrogens with zero attached hydrogens (tertiary/aromatic N) is 3. The van der Waals surface area contributed by atoms with E-state index in [1.807, 2.05) is 0 Å². The van der Waals surface area contributed by atoms with E-state index in [1.165, 1.54) is 18.2 Å². The molecule has 138 valence electrons. The molecule has 0 radical (unpaired) electrons. The zero-order chi connectivity index (χ0) is 18.9. The largest absolute Gasteiger partial charge is 0.479 e. The highest BCUT2D eigenvalue weighted by atomic mass is 19.4. The van der Waals surface area contributed by atoms with Gasteiger partial charge in [-0.25, -0.2) is 9.48 Å². The first-order valence-corrected chi connectivity index (χ1v) is 7.45. The molecule has 1 saturated heterocycles. The van der Waals surface area contributed by atoms with Gasteiger partial charge in [-0.1, -0.05) is 17.3 Å². The first-order valence-electron chi connectivity index (χ1n) is 7.45. The third-order valence-electron chi connectivity index (χ3n) is 3.97. The maximum atomic E-state index is 13.1. The number of hydrogen-bond acceptors (Lipinski definition) is 5. The van der Waals surface area contributed by atoms with E-state index >= 15 is 0 Å². The van der Waals surface area contributed by atoms with Crippen molar-refractivity contribution >= 4 is 11.9 Å². The van der Waals surface area contributed by atoms with Crippen LogP contribution in [0.3, 0.4) is 0 Å². The van der Waals surface area contributed by atoms with Crippen molar-refractivity contribution in [3.63, 3.8) is 0 Å². The van der Waals surface area contributed by atoms with Crippen LogP contribution in [0.15, 0.2) is 30.5 Å². The Morgan fingerprint density at radius 2 is 2.04 bits per heavy atom. The second kappa shape index (κ2) is 6.41. The summed E-state index contributed by atoms with van der Waals surface area (Å²) < 4.78 is 45.1. The molecule has 11 heteroatoms. The van der Waals surface area contributed by atoms with Gasteiger partial charge in [-0.2, -0.15) is 13.2 Å². The summed E-state index contributed by atoms with van der Waals surface area (Å²) in [5.41, 5.74) is -3.15. The summed E-state index contributed by atoms with van der Waals surface area (Å²) in [5.74, 6) is -2.13. The lowest BCUT2D eigenvalue weighted by Crippen LogP contribution is -2.55. The molecule has 0 spiro atoms. The number of hydrogen-bond donors (Lipinski definition) is 2. The number of rotatable bonds is 4. The van der Waals surface area contributed by atoms with Crippen molar-refractivity contribution in [2.24, 2.45) is 0 Å². The SMILES string of the molecule is O=C(NC1(C(=O)O)CCOC1)c1cn(-c2ccccc2C(F)(F)F)nn1. The lowest BCUT2D eigenvalue weighted by Gasteiger charge is -2.22. The zero-order valence-electron chi connectivity index (χ0n) is 13.2. The van der Waals surface area contributed by atoms with E-state index in [0.29, 0.717) is 0 Å². The highest BCUT2D eigenvalue weighted by Crippen LogP contribution is 2.33. The van der Waals surface area contributed by atoms with E-state index in [4.69, 9.17) is 4.74 Å². The lowest BCUT2D eigenvalue weighted by molar-refractivity contribution is -0.144. The van der Waals surface area contributed by atoms with Crippen LogP contribution >= 0.6 is 0 Å². The number of benzene rings is 1. The molecule has 1 aliphatic rings. The number of carbonyl (C=O) groups is 2. The Morgan fingerprint density at radius 3 is 2.65 bits per heavy atom. The van der Waals surface area contributed by atoms with E-state index in [0.717, 1.165) is 16.9 Å². The number of halogens is 3. The summed E-state index contributed by atoms with van der Waals surface area (Å²) in [6, 6.07) is 4.68. The van der Waals surface area contributed by atoms with Crippen LogP contribution in [0.5, 0.6) is 0 Å². The first kappa shape index (κ1) is 17.9. The van der Waals surface area contributed by atoms with Crippen LogP contribution in [0.1, 0.15) is 22.5 Å². The Hall–Kier alpha value is -2.95. The van der Waals surface area contributed by atoms with E-state index in [1.54, 1.807) is 0 Å². The van der Waals surface area contributed by atoms with Crippen molar-refractivity contribution in [1.82, 2.24) is 20.3 Å². The summed E-state index contributed by atoms with van der Waals surface area (Å²) in [7, 11) is 0. The molecule has 3 rings (SSSR count). The van der Waals surface area contributed by atoms with Gasteiger partial charge in [-0.05, 0) is 12.1 Å². The second-order valence-corrected chi connectivity index (χ2v) is 5.71. The number of ether oxygens (including phenoxy) is 1. The number of para-hydroxylation sites is 1. The molecule has 2 N–H and O–H groups in total. The van der Waals surface area contributed by atoms with Crippen LogP contribution in [0.4, 0.5) is 13.2 Å². The fourth-order valence-corrected chi connectivity index (χ4v) is 2.57. The molecule has 1 fully saturated rings. The minimum Gasteiger partial charge on any atom is -0.479 e. The van der Waals surface area contributed by atoms with Crippen molar-refractivity contribution in [3.05, 3.63) is 41.7 Å². The minimum atomic E-state index is -4.61. The maximum absolute atomic E-state index is 13.1. The summed E-state index contributed by atoms with van der Waals surface area (Å²) >= 11 is 0. The average Bonchev–Trinajstić information content (AvgIpc) is 3.24. The standard InChI is InChI=1S/C15H13F3N4O4/c16-15(17,18)9-3-1-2-4-11(9)22-7-10(20-21-22)12(23)19-14(13(24)25)5-6-26-8-14/h1-4,7H,5-6,8H2,(H,19,23)(H,24,25). The van der Waals surface area contributed by atoms with Crippen LogP contribution in [0.2, 0.25) is 0 Å². The fraction of sp³-hybridized carbons (Fsp3) is 0.333. The van der Waals surface area contributed by atoms with Gasteiger partial charge in [0.15, 0.2) is 11.2 Å². The number of alkyl halides is 3. The average molecular weight is 370 g/mol. The van der Waals surface area contributed by atoms with Gasteiger partial charge < -0.3 is 15.2 Å². The van der Waals surface area contributed by atoms with Crippen LogP contribution in [0, 0.1) is 0 Å². The predicted molar refractivity (Wildman–Crippen MR) is 79.6 cm³/mol. The summed E-state index contributed by atoms with van der Waals surface area (Å²) in [6.45, 7) is -0.0443. The van der Waals surface area contributed by atoms with Crippen molar-refractivity contribution in [1.29, 1.82) is 0 Å². The van der Waals surface area contributed by atoms with Crippen LogP contribution in [-0.4, -0.2) is 50.7 Å². The minimum absolute atomic E-state index is 0.0686. The van der Waals surface area contributed by atoms with Crippen LogP contribution in [-0.2, 0) is 15.7 Å². The molecule has 2 aromatic rings. The van der Waals surface area contributed by atoms with E-state index < -0.39 is 29.2 Å². The monoisotopic (exact) mass is 370 g/mol. The summed E-state index contributed by atoms with van der Waals surface area (Å²) in [6.07, 6.45) is -3.54. The highest BCUT2D eigenvalue weighted by Gasteiger charge is 2.44. The number of nitrogens with one attached hydrogen (secondary N) is 1. The first-order chi connectivity index (χ1) is 12.2. The lowest BCUT2D eigenvalue weighted by atomic mass is 9.99. The van der Waals surface area contributed by atoms with Gasteiger partial charge in [0.2, 0.25) is 0 Å². The summed E-state index contributed by atoms with van der Waals surface area (Å²) in [5, 5.41) is 18.7.